The average molecular weight is 872 g/mol. The van der Waals surface area contributed by atoms with Crippen molar-refractivity contribution in [1.29, 1.82) is 0 Å². The first kappa shape index (κ1) is 58.4. The minimum absolute atomic E-state index is 0.0487. The molecule has 3 unspecified atom stereocenters. The minimum Gasteiger partial charge on any atom is -0.387 e. The summed E-state index contributed by atoms with van der Waals surface area (Å²) in [5.74, 6) is -0.200. The van der Waals surface area contributed by atoms with E-state index in [0.717, 1.165) is 83.5 Å². The molecule has 0 saturated carbocycles. The van der Waals surface area contributed by atoms with Crippen LogP contribution in [0.4, 0.5) is 0 Å². The predicted molar refractivity (Wildman–Crippen MR) is 262 cm³/mol. The molecule has 0 aromatic heterocycles. The Morgan fingerprint density at radius 1 is 0.557 bits per heavy atom. The van der Waals surface area contributed by atoms with Crippen molar-refractivity contribution in [2.75, 3.05) is 40.9 Å². The molecular formula is C52H92N2O6P+. The van der Waals surface area contributed by atoms with Gasteiger partial charge in [-0.1, -0.05) is 182 Å². The number of aliphatic hydroxyl groups is 1. The van der Waals surface area contributed by atoms with Crippen LogP contribution < -0.4 is 5.32 Å². The van der Waals surface area contributed by atoms with E-state index in [2.05, 4.69) is 104 Å². The molecule has 0 spiro atoms. The Labute approximate surface area is 375 Å². The number of unbranched alkanes of at least 4 members (excludes halogenated alkanes) is 15. The summed E-state index contributed by atoms with van der Waals surface area (Å²) in [5, 5.41) is 13.8. The third-order valence-corrected chi connectivity index (χ3v) is 11.0. The molecule has 0 rings (SSSR count). The highest BCUT2D eigenvalue weighted by Gasteiger charge is 2.27. The van der Waals surface area contributed by atoms with E-state index in [-0.39, 0.29) is 19.1 Å². The van der Waals surface area contributed by atoms with E-state index < -0.39 is 20.0 Å². The number of carbonyl (C=O) groups excluding carboxylic acids is 1. The second-order valence-corrected chi connectivity index (χ2v) is 18.5. The van der Waals surface area contributed by atoms with Gasteiger partial charge in [-0.2, -0.15) is 0 Å². The van der Waals surface area contributed by atoms with Crippen molar-refractivity contribution in [2.24, 2.45) is 0 Å². The lowest BCUT2D eigenvalue weighted by Crippen LogP contribution is -2.45. The van der Waals surface area contributed by atoms with Crippen LogP contribution >= 0.6 is 7.82 Å². The number of carbonyl (C=O) groups is 1. The molecule has 0 aliphatic carbocycles. The van der Waals surface area contributed by atoms with Gasteiger partial charge in [0.05, 0.1) is 39.9 Å². The van der Waals surface area contributed by atoms with E-state index in [1.54, 1.807) is 6.08 Å². The first-order valence-electron chi connectivity index (χ1n) is 24.1. The van der Waals surface area contributed by atoms with Gasteiger partial charge in [-0.05, 0) is 83.5 Å². The average Bonchev–Trinajstić information content (AvgIpc) is 3.21. The fraction of sp³-hybridized carbons (Fsp3) is 0.673. The molecule has 61 heavy (non-hydrogen) atoms. The largest absolute Gasteiger partial charge is 0.472 e. The molecule has 0 aliphatic heterocycles. The van der Waals surface area contributed by atoms with Gasteiger partial charge in [-0.15, -0.1) is 0 Å². The lowest BCUT2D eigenvalue weighted by atomic mass is 10.0. The third kappa shape index (κ3) is 45.3. The number of phosphoric ester groups is 1. The van der Waals surface area contributed by atoms with Crippen molar-refractivity contribution in [2.45, 2.75) is 187 Å². The Balaban J connectivity index is 4.16. The molecule has 0 aromatic rings. The molecule has 0 saturated heterocycles. The SMILES string of the molecule is CC/C=C\C/C=C\C/C=C\C/C=C\C/C=C\CCCCCCCCCCCCCCCC(=O)NC(COP(=O)(O)OCC[N+](C)(C)C)C(O)/C=C/CC/C=C/CC/C=C/CC. The number of nitrogens with one attached hydrogen (secondary N) is 1. The molecule has 0 heterocycles. The van der Waals surface area contributed by atoms with Gasteiger partial charge in [0.1, 0.15) is 13.2 Å². The molecule has 0 bridgehead atoms. The number of rotatable bonds is 42. The predicted octanol–water partition coefficient (Wildman–Crippen LogP) is 13.9. The van der Waals surface area contributed by atoms with Crippen LogP contribution in [0, 0.1) is 0 Å². The first-order valence-corrected chi connectivity index (χ1v) is 25.6. The lowest BCUT2D eigenvalue weighted by Gasteiger charge is -2.25. The van der Waals surface area contributed by atoms with Gasteiger partial charge < -0.3 is 19.8 Å². The van der Waals surface area contributed by atoms with Crippen LogP contribution in [0.3, 0.4) is 0 Å². The van der Waals surface area contributed by atoms with Crippen LogP contribution in [0.15, 0.2) is 97.2 Å². The maximum Gasteiger partial charge on any atom is 0.472 e. The number of allylic oxidation sites excluding steroid dienone is 15. The van der Waals surface area contributed by atoms with E-state index in [9.17, 15) is 19.4 Å². The Hall–Kier alpha value is -2.58. The van der Waals surface area contributed by atoms with E-state index >= 15 is 0 Å². The Bertz CT molecular complexity index is 1310. The third-order valence-electron chi connectivity index (χ3n) is 10.0. The number of likely N-dealkylation sites (N-methyl/N-ethyl adjacent to an activating group) is 1. The number of aliphatic hydroxyl groups excluding tert-OH is 1. The van der Waals surface area contributed by atoms with Gasteiger partial charge >= 0.3 is 7.82 Å². The molecule has 0 fully saturated rings. The molecule has 0 aromatic carbocycles. The quantitative estimate of drug-likeness (QED) is 0.0244. The summed E-state index contributed by atoms with van der Waals surface area (Å²) in [6.45, 7) is 4.52. The molecule has 3 N–H and O–H groups in total. The maximum atomic E-state index is 12.9. The number of hydrogen-bond donors (Lipinski definition) is 3. The van der Waals surface area contributed by atoms with Crippen molar-refractivity contribution in [3.63, 3.8) is 0 Å². The van der Waals surface area contributed by atoms with Crippen molar-refractivity contribution in [1.82, 2.24) is 5.32 Å². The van der Waals surface area contributed by atoms with Gasteiger partial charge in [-0.3, -0.25) is 13.8 Å². The van der Waals surface area contributed by atoms with Crippen LogP contribution in [0.25, 0.3) is 0 Å². The number of hydrogen-bond acceptors (Lipinski definition) is 5. The number of nitrogens with zero attached hydrogens (tertiary/aromatic N) is 1. The summed E-state index contributed by atoms with van der Waals surface area (Å²) in [7, 11) is 1.53. The highest BCUT2D eigenvalue weighted by atomic mass is 31.2. The van der Waals surface area contributed by atoms with Crippen LogP contribution in [0.5, 0.6) is 0 Å². The monoisotopic (exact) mass is 872 g/mol. The Morgan fingerprint density at radius 2 is 0.951 bits per heavy atom. The number of phosphoric acid groups is 1. The minimum atomic E-state index is -4.35. The second kappa shape index (κ2) is 42.7. The Morgan fingerprint density at radius 3 is 1.44 bits per heavy atom. The smallest absolute Gasteiger partial charge is 0.387 e. The van der Waals surface area contributed by atoms with Crippen molar-refractivity contribution >= 4 is 13.7 Å². The number of quaternary nitrogens is 1. The number of amides is 1. The fourth-order valence-corrected chi connectivity index (χ4v) is 7.02. The fourth-order valence-electron chi connectivity index (χ4n) is 6.28. The Kier molecular flexibility index (Phi) is 40.9. The van der Waals surface area contributed by atoms with Gasteiger partial charge in [0.25, 0.3) is 0 Å². The standard InChI is InChI=1S/C52H91N2O6P/c1-6-8-10-12-14-16-18-19-20-21-22-23-24-25-26-27-28-29-30-31-32-33-34-35-36-38-40-42-44-46-52(56)53-50(49-60-61(57,58)59-48-47-54(3,4)5)51(55)45-43-41-39-37-17-15-13-11-9-7-2/h8-11,14,16-17,19-20,22-23,25-26,37,43,45,50-51,55H,6-7,12-13,15,18,21,24,27-36,38-42,44,46-49H2,1-5H3,(H-,53,56,57,58)/p+1/b10-8-,11-9+,16-14-,20-19-,23-22-,26-25-,37-17+,45-43+. The lowest BCUT2D eigenvalue weighted by molar-refractivity contribution is -0.870. The normalized spacial score (nSPS) is 15.1. The van der Waals surface area contributed by atoms with Gasteiger partial charge in [0, 0.05) is 6.42 Å². The molecule has 1 amide bonds. The second-order valence-electron chi connectivity index (χ2n) is 17.1. The van der Waals surface area contributed by atoms with Crippen LogP contribution in [-0.2, 0) is 18.4 Å². The zero-order chi connectivity index (χ0) is 45.0. The summed E-state index contributed by atoms with van der Waals surface area (Å²) in [4.78, 5) is 23.1. The molecule has 9 heteroatoms. The molecular weight excluding hydrogens is 780 g/mol. The molecule has 0 radical (unpaired) electrons. The highest BCUT2D eigenvalue weighted by molar-refractivity contribution is 7.47. The topological polar surface area (TPSA) is 105 Å². The summed E-state index contributed by atoms with van der Waals surface area (Å²) in [5.41, 5.74) is 0. The van der Waals surface area contributed by atoms with E-state index in [0.29, 0.717) is 17.4 Å². The van der Waals surface area contributed by atoms with Gasteiger partial charge in [0.15, 0.2) is 0 Å². The van der Waals surface area contributed by atoms with Crippen molar-refractivity contribution in [3.05, 3.63) is 97.2 Å². The van der Waals surface area contributed by atoms with Gasteiger partial charge in [0.2, 0.25) is 5.91 Å². The van der Waals surface area contributed by atoms with Crippen molar-refractivity contribution in [3.8, 4) is 0 Å². The highest BCUT2D eigenvalue weighted by Crippen LogP contribution is 2.43. The summed E-state index contributed by atoms with van der Waals surface area (Å²) >= 11 is 0. The van der Waals surface area contributed by atoms with Crippen LogP contribution in [-0.4, -0.2) is 73.4 Å². The van der Waals surface area contributed by atoms with Crippen LogP contribution in [0.1, 0.15) is 174 Å². The zero-order valence-corrected chi connectivity index (χ0v) is 40.5. The van der Waals surface area contributed by atoms with E-state index in [1.807, 2.05) is 27.2 Å². The maximum absolute atomic E-state index is 12.9. The molecule has 3 atom stereocenters. The van der Waals surface area contributed by atoms with E-state index in [1.165, 1.54) is 70.6 Å². The summed E-state index contributed by atoms with van der Waals surface area (Å²) in [6, 6.07) is -0.873. The zero-order valence-electron chi connectivity index (χ0n) is 39.6. The molecule has 8 nitrogen and oxygen atoms in total. The molecule has 350 valence electrons. The summed E-state index contributed by atoms with van der Waals surface area (Å²) in [6.07, 6.45) is 60.8. The van der Waals surface area contributed by atoms with Gasteiger partial charge in [-0.25, -0.2) is 4.57 Å². The van der Waals surface area contributed by atoms with Crippen LogP contribution in [0.2, 0.25) is 0 Å². The van der Waals surface area contributed by atoms with Crippen molar-refractivity contribution < 1.29 is 32.9 Å². The van der Waals surface area contributed by atoms with E-state index in [4.69, 9.17) is 9.05 Å². The first-order chi connectivity index (χ1) is 29.5. The summed E-state index contributed by atoms with van der Waals surface area (Å²) < 4.78 is 23.5. The molecule has 0 aliphatic rings.